The van der Waals surface area contributed by atoms with Gasteiger partial charge < -0.3 is 10.1 Å². The molecule has 0 fully saturated rings. The average molecular weight is 501 g/mol. The second-order valence-electron chi connectivity index (χ2n) is 7.57. The largest absolute Gasteiger partial charge is 0.462 e. The Morgan fingerprint density at radius 1 is 1.00 bits per heavy atom. The van der Waals surface area contributed by atoms with Crippen LogP contribution in [-0.2, 0) is 19.6 Å². The molecule has 178 valence electrons. The smallest absolute Gasteiger partial charge is 0.338 e. The van der Waals surface area contributed by atoms with Crippen LogP contribution in [0.3, 0.4) is 0 Å². The van der Waals surface area contributed by atoms with Gasteiger partial charge in [-0.3, -0.25) is 9.10 Å². The Kier molecular flexibility index (Phi) is 7.96. The van der Waals surface area contributed by atoms with E-state index in [0.29, 0.717) is 11.3 Å². The summed E-state index contributed by atoms with van der Waals surface area (Å²) in [6, 6.07) is 17.7. The molecule has 34 heavy (non-hydrogen) atoms. The van der Waals surface area contributed by atoms with Crippen LogP contribution in [0.2, 0.25) is 5.02 Å². The summed E-state index contributed by atoms with van der Waals surface area (Å²) in [6.45, 7) is 5.07. The molecule has 0 atom stereocenters. The Hall–Kier alpha value is -3.36. The maximum Gasteiger partial charge on any atom is 0.338 e. The fourth-order valence-electron chi connectivity index (χ4n) is 3.26. The number of carbonyl (C=O) groups is 2. The number of rotatable bonds is 8. The Morgan fingerprint density at radius 3 is 2.29 bits per heavy atom. The average Bonchev–Trinajstić information content (AvgIpc) is 2.80. The van der Waals surface area contributed by atoms with Crippen LogP contribution in [0.4, 0.5) is 11.4 Å². The molecule has 1 N–H and O–H groups in total. The van der Waals surface area contributed by atoms with Gasteiger partial charge in [-0.25, -0.2) is 13.2 Å². The molecule has 3 rings (SSSR count). The lowest BCUT2D eigenvalue weighted by Crippen LogP contribution is -2.38. The van der Waals surface area contributed by atoms with E-state index in [1.165, 1.54) is 30.3 Å². The summed E-state index contributed by atoms with van der Waals surface area (Å²) in [7, 11) is -4.04. The van der Waals surface area contributed by atoms with Gasteiger partial charge >= 0.3 is 5.97 Å². The van der Waals surface area contributed by atoms with E-state index >= 15 is 0 Å². The molecule has 3 aromatic carbocycles. The number of ether oxygens (including phenoxy) is 1. The minimum atomic E-state index is -4.04. The van der Waals surface area contributed by atoms with Crippen molar-refractivity contribution in [2.24, 2.45) is 0 Å². The van der Waals surface area contributed by atoms with E-state index in [4.69, 9.17) is 16.3 Å². The van der Waals surface area contributed by atoms with Crippen molar-refractivity contribution in [1.82, 2.24) is 0 Å². The van der Waals surface area contributed by atoms with Crippen molar-refractivity contribution in [2.75, 3.05) is 22.8 Å². The Labute approximate surface area is 204 Å². The van der Waals surface area contributed by atoms with Gasteiger partial charge in [-0.15, -0.1) is 0 Å². The van der Waals surface area contributed by atoms with Crippen LogP contribution in [0.25, 0.3) is 0 Å². The number of amides is 1. The summed E-state index contributed by atoms with van der Waals surface area (Å²) in [6.07, 6.45) is 0. The fourth-order valence-corrected chi connectivity index (χ4v) is 4.97. The van der Waals surface area contributed by atoms with E-state index in [2.05, 4.69) is 5.32 Å². The highest BCUT2D eigenvalue weighted by molar-refractivity contribution is 7.92. The molecule has 0 aliphatic heterocycles. The Morgan fingerprint density at radius 2 is 1.68 bits per heavy atom. The molecule has 9 heteroatoms. The predicted molar refractivity (Wildman–Crippen MR) is 133 cm³/mol. The van der Waals surface area contributed by atoms with Gasteiger partial charge in [0.2, 0.25) is 5.91 Å². The van der Waals surface area contributed by atoms with Crippen molar-refractivity contribution in [1.29, 1.82) is 0 Å². The summed E-state index contributed by atoms with van der Waals surface area (Å²) >= 11 is 6.24. The zero-order valence-corrected chi connectivity index (χ0v) is 20.6. The van der Waals surface area contributed by atoms with Crippen molar-refractivity contribution in [3.63, 3.8) is 0 Å². The molecular formula is C25H25ClN2O5S. The van der Waals surface area contributed by atoms with E-state index in [0.717, 1.165) is 9.87 Å². The van der Waals surface area contributed by atoms with Crippen LogP contribution in [0.5, 0.6) is 0 Å². The normalized spacial score (nSPS) is 11.1. The first-order valence-corrected chi connectivity index (χ1v) is 12.4. The molecule has 0 aliphatic rings. The molecule has 0 radical (unpaired) electrons. The number of anilines is 2. The maximum absolute atomic E-state index is 13.5. The van der Waals surface area contributed by atoms with Gasteiger partial charge in [0, 0.05) is 0 Å². The van der Waals surface area contributed by atoms with Crippen molar-refractivity contribution in [3.05, 3.63) is 88.4 Å². The molecule has 0 aromatic heterocycles. The monoisotopic (exact) mass is 500 g/mol. The van der Waals surface area contributed by atoms with Gasteiger partial charge in [0.1, 0.15) is 6.54 Å². The lowest BCUT2D eigenvalue weighted by molar-refractivity contribution is -0.114. The summed E-state index contributed by atoms with van der Waals surface area (Å²) in [5.74, 6) is -1.12. The van der Waals surface area contributed by atoms with Crippen molar-refractivity contribution in [2.45, 2.75) is 25.7 Å². The van der Waals surface area contributed by atoms with Gasteiger partial charge in [-0.1, -0.05) is 47.5 Å². The number of benzene rings is 3. The molecule has 0 bridgehead atoms. The fraction of sp³-hybridized carbons (Fsp3) is 0.200. The van der Waals surface area contributed by atoms with Gasteiger partial charge in [0.15, 0.2) is 0 Å². The third-order valence-corrected chi connectivity index (χ3v) is 7.12. The van der Waals surface area contributed by atoms with Gasteiger partial charge in [-0.05, 0) is 62.7 Å². The summed E-state index contributed by atoms with van der Waals surface area (Å²) in [4.78, 5) is 24.9. The first-order chi connectivity index (χ1) is 16.1. The third kappa shape index (κ3) is 5.76. The highest BCUT2D eigenvalue weighted by Gasteiger charge is 2.28. The minimum Gasteiger partial charge on any atom is -0.462 e. The van der Waals surface area contributed by atoms with Crippen LogP contribution in [0.1, 0.15) is 28.4 Å². The molecular weight excluding hydrogens is 476 g/mol. The van der Waals surface area contributed by atoms with E-state index in [1.807, 2.05) is 6.92 Å². The minimum absolute atomic E-state index is 0.0750. The van der Waals surface area contributed by atoms with E-state index < -0.39 is 28.4 Å². The van der Waals surface area contributed by atoms with Gasteiger partial charge in [-0.2, -0.15) is 0 Å². The van der Waals surface area contributed by atoms with E-state index in [-0.39, 0.29) is 27.8 Å². The molecule has 0 aliphatic carbocycles. The number of aryl methyl sites for hydroxylation is 2. The van der Waals surface area contributed by atoms with Crippen molar-refractivity contribution >= 4 is 44.9 Å². The molecule has 1 amide bonds. The number of hydrogen-bond donors (Lipinski definition) is 1. The van der Waals surface area contributed by atoms with Crippen LogP contribution < -0.4 is 9.62 Å². The number of halogens is 1. The molecule has 3 aromatic rings. The molecule has 7 nitrogen and oxygen atoms in total. The number of hydrogen-bond acceptors (Lipinski definition) is 5. The highest BCUT2D eigenvalue weighted by atomic mass is 35.5. The molecule has 0 spiro atoms. The number of carbonyl (C=O) groups excluding carboxylic acids is 2. The number of para-hydroxylation sites is 1. The third-order valence-electron chi connectivity index (χ3n) is 5.03. The van der Waals surface area contributed by atoms with Crippen molar-refractivity contribution in [3.8, 4) is 0 Å². The molecule has 0 unspecified atom stereocenters. The quantitative estimate of drug-likeness (QED) is 0.441. The van der Waals surface area contributed by atoms with Crippen molar-refractivity contribution < 1.29 is 22.7 Å². The van der Waals surface area contributed by atoms with Crippen LogP contribution in [-0.4, -0.2) is 33.4 Å². The molecule has 0 saturated heterocycles. The second kappa shape index (κ2) is 10.7. The number of nitrogens with one attached hydrogen (secondary N) is 1. The standard InChI is InChI=1S/C25H25ClN2O5S/c1-4-33-25(30)19-11-14-22(21(26)15-19)27-24(29)16-28(23-8-6-5-7-18(23)3)34(31,32)20-12-9-17(2)10-13-20/h5-15H,4,16H2,1-3H3,(H,27,29). The van der Waals surface area contributed by atoms with Gasteiger partial charge in [0.25, 0.3) is 10.0 Å². The number of nitrogens with zero attached hydrogens (tertiary/aromatic N) is 1. The summed E-state index contributed by atoms with van der Waals surface area (Å²) < 4.78 is 33.0. The Bertz CT molecular complexity index is 1310. The lowest BCUT2D eigenvalue weighted by Gasteiger charge is -2.25. The topological polar surface area (TPSA) is 92.8 Å². The highest BCUT2D eigenvalue weighted by Crippen LogP contribution is 2.28. The predicted octanol–water partition coefficient (Wildman–Crippen LogP) is 4.97. The summed E-state index contributed by atoms with van der Waals surface area (Å²) in [5, 5.41) is 2.76. The number of esters is 1. The summed E-state index contributed by atoms with van der Waals surface area (Å²) in [5.41, 5.74) is 2.50. The van der Waals surface area contributed by atoms with Crippen LogP contribution in [0.15, 0.2) is 71.6 Å². The SMILES string of the molecule is CCOC(=O)c1ccc(NC(=O)CN(c2ccccc2C)S(=O)(=O)c2ccc(C)cc2)c(Cl)c1. The molecule has 0 heterocycles. The second-order valence-corrected chi connectivity index (χ2v) is 9.84. The Balaban J connectivity index is 1.90. The van der Waals surface area contributed by atoms with Crippen LogP contribution in [0, 0.1) is 13.8 Å². The first kappa shape index (κ1) is 25.3. The first-order valence-electron chi connectivity index (χ1n) is 10.5. The van der Waals surface area contributed by atoms with Crippen LogP contribution >= 0.6 is 11.6 Å². The zero-order chi connectivity index (χ0) is 24.9. The van der Waals surface area contributed by atoms with E-state index in [9.17, 15) is 18.0 Å². The zero-order valence-electron chi connectivity index (χ0n) is 19.0. The van der Waals surface area contributed by atoms with Gasteiger partial charge in [0.05, 0.1) is 33.5 Å². The van der Waals surface area contributed by atoms with E-state index in [1.54, 1.807) is 50.2 Å². The lowest BCUT2D eigenvalue weighted by atomic mass is 10.2. The molecule has 0 saturated carbocycles. The maximum atomic E-state index is 13.5. The number of sulfonamides is 1.